The van der Waals surface area contributed by atoms with Crippen molar-refractivity contribution in [3.8, 4) is 0 Å². The molecule has 0 fully saturated rings. The van der Waals surface area contributed by atoms with Crippen LogP contribution >= 0.6 is 0 Å². The fraction of sp³-hybridized carbons (Fsp3) is 0.308. The summed E-state index contributed by atoms with van der Waals surface area (Å²) in [4.78, 5) is 10.6. The third-order valence-electron chi connectivity index (χ3n) is 2.70. The van der Waals surface area contributed by atoms with Crippen molar-refractivity contribution in [2.75, 3.05) is 13.2 Å². The van der Waals surface area contributed by atoms with E-state index >= 15 is 0 Å². The first-order valence-electron chi connectivity index (χ1n) is 5.14. The van der Waals surface area contributed by atoms with E-state index in [1.165, 1.54) is 11.1 Å². The lowest BCUT2D eigenvalue weighted by Crippen LogP contribution is -2.04. The molecule has 0 aromatic heterocycles. The van der Waals surface area contributed by atoms with E-state index < -0.39 is 0 Å². The molecule has 0 spiro atoms. The van der Waals surface area contributed by atoms with Gasteiger partial charge in [-0.3, -0.25) is 4.79 Å². The van der Waals surface area contributed by atoms with Crippen LogP contribution in [0.5, 0.6) is 0 Å². The average Bonchev–Trinajstić information content (AvgIpc) is 2.30. The predicted molar refractivity (Wildman–Crippen MR) is 60.0 cm³/mol. The molecule has 1 heterocycles. The summed E-state index contributed by atoms with van der Waals surface area (Å²) < 4.78 is 5.27. The maximum absolute atomic E-state index is 10.6. The van der Waals surface area contributed by atoms with E-state index in [1.807, 2.05) is 25.1 Å². The van der Waals surface area contributed by atoms with E-state index in [4.69, 9.17) is 4.74 Å². The third-order valence-corrected chi connectivity index (χ3v) is 2.70. The van der Waals surface area contributed by atoms with Crippen molar-refractivity contribution in [1.82, 2.24) is 0 Å². The van der Waals surface area contributed by atoms with Gasteiger partial charge in [0.25, 0.3) is 0 Å². The Morgan fingerprint density at radius 2 is 2.27 bits per heavy atom. The van der Waals surface area contributed by atoms with E-state index in [9.17, 15) is 4.79 Å². The summed E-state index contributed by atoms with van der Waals surface area (Å²) in [6.45, 7) is 3.53. The van der Waals surface area contributed by atoms with Crippen LogP contribution in [0, 0.1) is 6.92 Å². The van der Waals surface area contributed by atoms with E-state index in [1.54, 1.807) is 0 Å². The molecule has 0 saturated heterocycles. The highest BCUT2D eigenvalue weighted by Crippen LogP contribution is 2.24. The van der Waals surface area contributed by atoms with Gasteiger partial charge in [0.05, 0.1) is 13.2 Å². The molecule has 2 heteroatoms. The lowest BCUT2D eigenvalue weighted by atomic mass is 9.96. The quantitative estimate of drug-likeness (QED) is 0.689. The third kappa shape index (κ3) is 2.16. The number of aryl methyl sites for hydroxylation is 1. The molecule has 0 bridgehead atoms. The Hall–Kier alpha value is -1.41. The largest absolute Gasteiger partial charge is 0.377 e. The molecule has 2 nitrogen and oxygen atoms in total. The van der Waals surface area contributed by atoms with Gasteiger partial charge in [-0.05, 0) is 36.1 Å². The zero-order valence-electron chi connectivity index (χ0n) is 8.82. The standard InChI is InChI=1S/C13H14O2/c1-10-8-11(9-14)2-3-13(10)12-4-6-15-7-5-12/h2-4,8-9H,5-7H2,1H3. The number of hydrogen-bond acceptors (Lipinski definition) is 2. The van der Waals surface area contributed by atoms with Crippen molar-refractivity contribution in [3.05, 3.63) is 41.0 Å². The Kier molecular flexibility index (Phi) is 2.97. The summed E-state index contributed by atoms with van der Waals surface area (Å²) in [5, 5.41) is 0. The number of carbonyl (C=O) groups excluding carboxylic acids is 1. The van der Waals surface area contributed by atoms with E-state index in [0.717, 1.165) is 30.4 Å². The molecular weight excluding hydrogens is 188 g/mol. The van der Waals surface area contributed by atoms with Crippen molar-refractivity contribution in [1.29, 1.82) is 0 Å². The number of ether oxygens (including phenoxy) is 1. The van der Waals surface area contributed by atoms with Gasteiger partial charge in [-0.15, -0.1) is 0 Å². The van der Waals surface area contributed by atoms with Crippen LogP contribution in [-0.2, 0) is 4.74 Å². The molecule has 2 rings (SSSR count). The zero-order valence-corrected chi connectivity index (χ0v) is 8.82. The highest BCUT2D eigenvalue weighted by atomic mass is 16.5. The number of benzene rings is 1. The van der Waals surface area contributed by atoms with Crippen molar-refractivity contribution < 1.29 is 9.53 Å². The Bertz CT molecular complexity index is 405. The highest BCUT2D eigenvalue weighted by molar-refractivity contribution is 5.78. The van der Waals surface area contributed by atoms with Gasteiger partial charge in [0.1, 0.15) is 6.29 Å². The first-order chi connectivity index (χ1) is 7.31. The maximum atomic E-state index is 10.6. The first-order valence-corrected chi connectivity index (χ1v) is 5.14. The smallest absolute Gasteiger partial charge is 0.150 e. The van der Waals surface area contributed by atoms with Crippen LogP contribution in [0.4, 0.5) is 0 Å². The molecule has 15 heavy (non-hydrogen) atoms. The molecule has 0 amide bonds. The normalized spacial score (nSPS) is 15.9. The van der Waals surface area contributed by atoms with Gasteiger partial charge < -0.3 is 4.74 Å². The molecular formula is C13H14O2. The van der Waals surface area contributed by atoms with Crippen molar-refractivity contribution >= 4 is 11.9 Å². The highest BCUT2D eigenvalue weighted by Gasteiger charge is 2.08. The molecule has 78 valence electrons. The fourth-order valence-electron chi connectivity index (χ4n) is 1.89. The maximum Gasteiger partial charge on any atom is 0.150 e. The van der Waals surface area contributed by atoms with Gasteiger partial charge in [0, 0.05) is 5.56 Å². The molecule has 0 aliphatic carbocycles. The lowest BCUT2D eigenvalue weighted by Gasteiger charge is -2.15. The number of aldehydes is 1. The fourth-order valence-corrected chi connectivity index (χ4v) is 1.89. The molecule has 0 saturated carbocycles. The van der Waals surface area contributed by atoms with Gasteiger partial charge in [-0.25, -0.2) is 0 Å². The Labute approximate surface area is 89.6 Å². The lowest BCUT2D eigenvalue weighted by molar-refractivity contribution is 0.112. The zero-order chi connectivity index (χ0) is 10.7. The average molecular weight is 202 g/mol. The second-order valence-corrected chi connectivity index (χ2v) is 3.75. The minimum absolute atomic E-state index is 0.699. The van der Waals surface area contributed by atoms with Crippen LogP contribution < -0.4 is 0 Å². The molecule has 0 atom stereocenters. The van der Waals surface area contributed by atoms with Gasteiger partial charge in [-0.1, -0.05) is 18.2 Å². The van der Waals surface area contributed by atoms with Crippen LogP contribution in [0.2, 0.25) is 0 Å². The summed E-state index contributed by atoms with van der Waals surface area (Å²) >= 11 is 0. The predicted octanol–water partition coefficient (Wildman–Crippen LogP) is 2.61. The molecule has 1 aromatic carbocycles. The Morgan fingerprint density at radius 3 is 2.87 bits per heavy atom. The monoisotopic (exact) mass is 202 g/mol. The second-order valence-electron chi connectivity index (χ2n) is 3.75. The second kappa shape index (κ2) is 4.41. The summed E-state index contributed by atoms with van der Waals surface area (Å²) in [5.74, 6) is 0. The minimum Gasteiger partial charge on any atom is -0.377 e. The number of carbonyl (C=O) groups is 1. The molecule has 1 aromatic rings. The van der Waals surface area contributed by atoms with Crippen LogP contribution in [0.25, 0.3) is 5.57 Å². The number of hydrogen-bond donors (Lipinski definition) is 0. The Balaban J connectivity index is 2.35. The van der Waals surface area contributed by atoms with Gasteiger partial charge >= 0.3 is 0 Å². The first kappa shape index (κ1) is 10.1. The van der Waals surface area contributed by atoms with Gasteiger partial charge in [-0.2, -0.15) is 0 Å². The van der Waals surface area contributed by atoms with Crippen LogP contribution in [-0.4, -0.2) is 19.5 Å². The SMILES string of the molecule is Cc1cc(C=O)ccc1C1=CCOCC1. The summed E-state index contributed by atoms with van der Waals surface area (Å²) in [6.07, 6.45) is 3.96. The van der Waals surface area contributed by atoms with E-state index in [2.05, 4.69) is 6.08 Å². The van der Waals surface area contributed by atoms with Crippen molar-refractivity contribution in [2.45, 2.75) is 13.3 Å². The molecule has 0 radical (unpaired) electrons. The topological polar surface area (TPSA) is 26.3 Å². The minimum atomic E-state index is 0.699. The van der Waals surface area contributed by atoms with E-state index in [-0.39, 0.29) is 0 Å². The number of rotatable bonds is 2. The van der Waals surface area contributed by atoms with Gasteiger partial charge in [0.15, 0.2) is 0 Å². The van der Waals surface area contributed by atoms with Crippen LogP contribution in [0.3, 0.4) is 0 Å². The molecule has 1 aliphatic heterocycles. The van der Waals surface area contributed by atoms with Gasteiger partial charge in [0.2, 0.25) is 0 Å². The van der Waals surface area contributed by atoms with Crippen molar-refractivity contribution in [3.63, 3.8) is 0 Å². The summed E-state index contributed by atoms with van der Waals surface area (Å²) in [5.41, 5.74) is 4.47. The van der Waals surface area contributed by atoms with E-state index in [0.29, 0.717) is 6.61 Å². The molecule has 0 N–H and O–H groups in total. The summed E-state index contributed by atoms with van der Waals surface area (Å²) in [7, 11) is 0. The van der Waals surface area contributed by atoms with Crippen molar-refractivity contribution in [2.24, 2.45) is 0 Å². The summed E-state index contributed by atoms with van der Waals surface area (Å²) in [6, 6.07) is 5.82. The molecule has 1 aliphatic rings. The molecule has 0 unspecified atom stereocenters. The Morgan fingerprint density at radius 1 is 1.40 bits per heavy atom. The van der Waals surface area contributed by atoms with Crippen LogP contribution in [0.1, 0.15) is 27.9 Å². The van der Waals surface area contributed by atoms with Crippen LogP contribution in [0.15, 0.2) is 24.3 Å².